The third kappa shape index (κ3) is 4.27. The van der Waals surface area contributed by atoms with Crippen LogP contribution in [0.3, 0.4) is 0 Å². The van der Waals surface area contributed by atoms with Crippen LogP contribution in [-0.2, 0) is 21.4 Å². The van der Waals surface area contributed by atoms with E-state index in [1.807, 2.05) is 10.3 Å². The van der Waals surface area contributed by atoms with E-state index < -0.39 is 26.6 Å². The largest absolute Gasteiger partial charge is 0.276 e. The van der Waals surface area contributed by atoms with E-state index in [2.05, 4.69) is 5.10 Å². The highest BCUT2D eigenvalue weighted by Gasteiger charge is 2.20. The summed E-state index contributed by atoms with van der Waals surface area (Å²) in [4.78, 5) is 13.0. The van der Waals surface area contributed by atoms with Crippen LogP contribution in [0.2, 0.25) is 5.02 Å². The van der Waals surface area contributed by atoms with Crippen molar-refractivity contribution in [2.75, 3.05) is 0 Å². The molecular formula is C13H14ClFN4O3S. The number of hydrazine groups is 1. The Hall–Kier alpha value is -1.97. The monoisotopic (exact) mass is 360 g/mol. The predicted molar refractivity (Wildman–Crippen MR) is 81.6 cm³/mol. The molecule has 0 aliphatic rings. The van der Waals surface area contributed by atoms with Crippen LogP contribution in [0.1, 0.15) is 11.4 Å². The van der Waals surface area contributed by atoms with Crippen LogP contribution in [0.4, 0.5) is 4.39 Å². The number of sulfonamides is 1. The molecule has 1 heterocycles. The van der Waals surface area contributed by atoms with Gasteiger partial charge in [-0.2, -0.15) is 5.10 Å². The first-order valence-electron chi connectivity index (χ1n) is 6.46. The van der Waals surface area contributed by atoms with Crippen molar-refractivity contribution in [3.63, 3.8) is 0 Å². The van der Waals surface area contributed by atoms with E-state index >= 15 is 0 Å². The molecule has 10 heteroatoms. The molecule has 1 aromatic carbocycles. The Morgan fingerprint density at radius 1 is 1.35 bits per heavy atom. The summed E-state index contributed by atoms with van der Waals surface area (Å²) in [6.07, 6.45) is 0. The number of carbonyl (C=O) groups is 1. The molecule has 0 saturated carbocycles. The predicted octanol–water partition coefficient (Wildman–Crippen LogP) is 1.30. The zero-order valence-corrected chi connectivity index (χ0v) is 13.9. The van der Waals surface area contributed by atoms with Crippen molar-refractivity contribution in [1.29, 1.82) is 0 Å². The van der Waals surface area contributed by atoms with Gasteiger partial charge in [0.05, 0.1) is 5.69 Å². The Morgan fingerprint density at radius 3 is 2.61 bits per heavy atom. The fraction of sp³-hybridized carbons (Fsp3) is 0.231. The van der Waals surface area contributed by atoms with Gasteiger partial charge < -0.3 is 0 Å². The number of halogens is 2. The first kappa shape index (κ1) is 17.4. The van der Waals surface area contributed by atoms with Crippen molar-refractivity contribution in [3.05, 3.63) is 46.5 Å². The smallest absolute Gasteiger partial charge is 0.260 e. The highest BCUT2D eigenvalue weighted by Crippen LogP contribution is 2.18. The number of amides is 1. The molecule has 0 saturated heterocycles. The lowest BCUT2D eigenvalue weighted by Gasteiger charge is -2.10. The lowest BCUT2D eigenvalue weighted by molar-refractivity contribution is -0.122. The molecule has 1 aromatic heterocycles. The van der Waals surface area contributed by atoms with Gasteiger partial charge in [-0.25, -0.2) is 12.8 Å². The summed E-state index contributed by atoms with van der Waals surface area (Å²) in [7, 11) is -4.25. The standard InChI is InChI=1S/C13H14ClFN4O3S/c1-8-5-9(2)19(17-8)7-13(20)16-18-23(21,22)12-4-3-10(14)6-11(12)15/h3-6,18H,7H2,1-2H3,(H,16,20). The van der Waals surface area contributed by atoms with Crippen molar-refractivity contribution in [2.24, 2.45) is 0 Å². The number of hydrogen-bond donors (Lipinski definition) is 2. The molecule has 1 amide bonds. The first-order valence-corrected chi connectivity index (χ1v) is 8.32. The maximum atomic E-state index is 13.6. The van der Waals surface area contributed by atoms with Gasteiger partial charge in [0.25, 0.3) is 15.9 Å². The molecule has 7 nitrogen and oxygen atoms in total. The first-order chi connectivity index (χ1) is 10.7. The van der Waals surface area contributed by atoms with Crippen molar-refractivity contribution in [1.82, 2.24) is 20.0 Å². The van der Waals surface area contributed by atoms with E-state index in [9.17, 15) is 17.6 Å². The Morgan fingerprint density at radius 2 is 2.04 bits per heavy atom. The number of hydrogen-bond acceptors (Lipinski definition) is 4. The Bertz CT molecular complexity index is 851. The molecule has 2 rings (SSSR count). The van der Waals surface area contributed by atoms with Crippen molar-refractivity contribution in [2.45, 2.75) is 25.3 Å². The highest BCUT2D eigenvalue weighted by molar-refractivity contribution is 7.89. The van der Waals surface area contributed by atoms with Gasteiger partial charge in [-0.3, -0.25) is 14.9 Å². The zero-order valence-electron chi connectivity index (χ0n) is 12.3. The number of nitrogens with one attached hydrogen (secondary N) is 2. The number of benzene rings is 1. The molecule has 0 bridgehead atoms. The van der Waals surface area contributed by atoms with Crippen LogP contribution in [0.15, 0.2) is 29.2 Å². The molecule has 0 spiro atoms. The molecule has 0 fully saturated rings. The SMILES string of the molecule is Cc1cc(C)n(CC(=O)NNS(=O)(=O)c2ccc(Cl)cc2F)n1. The van der Waals surface area contributed by atoms with Gasteiger partial charge in [-0.05, 0) is 38.1 Å². The van der Waals surface area contributed by atoms with Gasteiger partial charge >= 0.3 is 0 Å². The Kier molecular flexibility index (Phi) is 5.03. The fourth-order valence-corrected chi connectivity index (χ4v) is 2.96. The summed E-state index contributed by atoms with van der Waals surface area (Å²) in [6, 6.07) is 4.89. The molecule has 0 aliphatic heterocycles. The van der Waals surface area contributed by atoms with Gasteiger partial charge in [0.1, 0.15) is 17.3 Å². The van der Waals surface area contributed by atoms with Gasteiger partial charge in [0, 0.05) is 10.7 Å². The zero-order chi connectivity index (χ0) is 17.2. The van der Waals surface area contributed by atoms with E-state index in [4.69, 9.17) is 11.6 Å². The molecule has 124 valence electrons. The minimum absolute atomic E-state index is 0.0648. The number of rotatable bonds is 5. The van der Waals surface area contributed by atoms with Crippen LogP contribution in [0.25, 0.3) is 0 Å². The van der Waals surface area contributed by atoms with Gasteiger partial charge in [-0.15, -0.1) is 4.83 Å². The molecule has 2 aromatic rings. The Balaban J connectivity index is 2.04. The van der Waals surface area contributed by atoms with Crippen LogP contribution in [0.5, 0.6) is 0 Å². The molecule has 23 heavy (non-hydrogen) atoms. The van der Waals surface area contributed by atoms with Gasteiger partial charge in [0.15, 0.2) is 0 Å². The van der Waals surface area contributed by atoms with Crippen LogP contribution in [-0.4, -0.2) is 24.1 Å². The summed E-state index contributed by atoms with van der Waals surface area (Å²) in [6.45, 7) is 3.36. The quantitative estimate of drug-likeness (QED) is 0.786. The molecule has 0 radical (unpaired) electrons. The molecule has 0 unspecified atom stereocenters. The fourth-order valence-electron chi connectivity index (χ4n) is 1.88. The van der Waals surface area contributed by atoms with Crippen LogP contribution in [0, 0.1) is 19.7 Å². The van der Waals surface area contributed by atoms with E-state index in [1.54, 1.807) is 19.9 Å². The lowest BCUT2D eigenvalue weighted by atomic mass is 10.3. The second kappa shape index (κ2) is 6.65. The third-order valence-electron chi connectivity index (χ3n) is 2.90. The van der Waals surface area contributed by atoms with E-state index in [0.29, 0.717) is 0 Å². The van der Waals surface area contributed by atoms with Crippen molar-refractivity contribution >= 4 is 27.5 Å². The molecule has 0 aliphatic carbocycles. The third-order valence-corrected chi connectivity index (χ3v) is 4.42. The van der Waals surface area contributed by atoms with Crippen LogP contribution >= 0.6 is 11.6 Å². The maximum Gasteiger partial charge on any atom is 0.260 e. The summed E-state index contributed by atoms with van der Waals surface area (Å²) >= 11 is 5.57. The topological polar surface area (TPSA) is 93.1 Å². The average molecular weight is 361 g/mol. The minimum Gasteiger partial charge on any atom is -0.276 e. The number of nitrogens with zero attached hydrogens (tertiary/aromatic N) is 2. The average Bonchev–Trinajstić information content (AvgIpc) is 2.74. The minimum atomic E-state index is -4.25. The van der Waals surface area contributed by atoms with Gasteiger partial charge in [0.2, 0.25) is 0 Å². The molecule has 2 N–H and O–H groups in total. The summed E-state index contributed by atoms with van der Waals surface area (Å²) in [5.74, 6) is -1.66. The number of aromatic nitrogens is 2. The van der Waals surface area contributed by atoms with E-state index in [-0.39, 0.29) is 11.6 Å². The van der Waals surface area contributed by atoms with E-state index in [1.165, 1.54) is 10.7 Å². The van der Waals surface area contributed by atoms with Gasteiger partial charge in [-0.1, -0.05) is 11.6 Å². The van der Waals surface area contributed by atoms with Crippen LogP contribution < -0.4 is 10.3 Å². The van der Waals surface area contributed by atoms with Crippen molar-refractivity contribution < 1.29 is 17.6 Å². The summed E-state index contributed by atoms with van der Waals surface area (Å²) in [5, 5.41) is 4.15. The van der Waals surface area contributed by atoms with E-state index in [0.717, 1.165) is 23.5 Å². The number of carbonyl (C=O) groups excluding carboxylic acids is 1. The normalized spacial score (nSPS) is 11.5. The lowest BCUT2D eigenvalue weighted by Crippen LogP contribution is -2.43. The second-order valence-corrected chi connectivity index (χ2v) is 6.90. The molecular weight excluding hydrogens is 347 g/mol. The summed E-state index contributed by atoms with van der Waals surface area (Å²) in [5.41, 5.74) is 3.50. The van der Waals surface area contributed by atoms with Crippen molar-refractivity contribution in [3.8, 4) is 0 Å². The summed E-state index contributed by atoms with van der Waals surface area (Å²) < 4.78 is 39.0. The molecule has 0 atom stereocenters. The Labute approximate surface area is 137 Å². The second-order valence-electron chi connectivity index (χ2n) is 4.81. The maximum absolute atomic E-state index is 13.6. The number of aryl methyl sites for hydroxylation is 2. The highest BCUT2D eigenvalue weighted by atomic mass is 35.5.